The molecule has 250 valence electrons. The Hall–Kier alpha value is -1.56. The fourth-order valence-electron chi connectivity index (χ4n) is 7.15. The fourth-order valence-corrected chi connectivity index (χ4v) is 7.15. The summed E-state index contributed by atoms with van der Waals surface area (Å²) in [6.07, 6.45) is 38.3. The van der Waals surface area contributed by atoms with Crippen molar-refractivity contribution < 1.29 is 0 Å². The summed E-state index contributed by atoms with van der Waals surface area (Å²) in [6, 6.07) is 14.3. The molecule has 0 heterocycles. The summed E-state index contributed by atoms with van der Waals surface area (Å²) < 4.78 is 0. The highest BCUT2D eigenvalue weighted by Crippen LogP contribution is 2.24. The highest BCUT2D eigenvalue weighted by Gasteiger charge is 2.09. The lowest BCUT2D eigenvalue weighted by Gasteiger charge is -2.15. The maximum Gasteiger partial charge on any atom is -0.0274 e. The lowest BCUT2D eigenvalue weighted by molar-refractivity contribution is 0.533. The second-order valence-corrected chi connectivity index (χ2v) is 14.0. The van der Waals surface area contributed by atoms with Crippen molar-refractivity contribution in [1.82, 2.24) is 0 Å². The van der Waals surface area contributed by atoms with Crippen molar-refractivity contribution in [3.05, 3.63) is 69.8 Å². The molecule has 0 saturated carbocycles. The van der Waals surface area contributed by atoms with Gasteiger partial charge in [-0.1, -0.05) is 167 Å². The molecular weight excluding hydrogens is 528 g/mol. The van der Waals surface area contributed by atoms with Crippen LogP contribution in [0, 0.1) is 0 Å². The van der Waals surface area contributed by atoms with Crippen molar-refractivity contribution in [3.8, 4) is 0 Å². The van der Waals surface area contributed by atoms with Gasteiger partial charge in [-0.3, -0.25) is 0 Å². The number of hydrogen-bond donors (Lipinski definition) is 0. The van der Waals surface area contributed by atoms with Crippen LogP contribution in [-0.4, -0.2) is 0 Å². The lowest BCUT2D eigenvalue weighted by Crippen LogP contribution is -2.01. The van der Waals surface area contributed by atoms with E-state index in [2.05, 4.69) is 64.1 Å². The van der Waals surface area contributed by atoms with Gasteiger partial charge in [0, 0.05) is 0 Å². The Balaban J connectivity index is 1.48. The largest absolute Gasteiger partial charge is 0.0654 e. The standard InChI is InChI=1S/C44H74/c1-5-9-29-39-33-27-35-41(43(39)37-11-7-3)31-25-23-21-19-17-15-13-14-16-18-20-22-24-26-32-42-36-28-34-40(30-10-6-2)44(42)38-12-8-4/h27-28,33-36H,5-26,29-32,37-38H2,1-4H3. The third-order valence-corrected chi connectivity index (χ3v) is 10.0. The lowest BCUT2D eigenvalue weighted by atomic mass is 9.91. The molecule has 0 saturated heterocycles. The SMILES string of the molecule is CCCCc1cccc(CCCCCCCCCCCCCCCCc2cccc(CCCC)c2CCCC)c1CCCC. The summed E-state index contributed by atoms with van der Waals surface area (Å²) >= 11 is 0. The maximum absolute atomic E-state index is 2.43. The van der Waals surface area contributed by atoms with Gasteiger partial charge in [0.05, 0.1) is 0 Å². The van der Waals surface area contributed by atoms with Crippen LogP contribution in [0.25, 0.3) is 0 Å². The quantitative estimate of drug-likeness (QED) is 0.0812. The normalized spacial score (nSPS) is 11.5. The minimum Gasteiger partial charge on any atom is -0.0654 e. The van der Waals surface area contributed by atoms with Gasteiger partial charge in [0.2, 0.25) is 0 Å². The molecule has 0 aromatic heterocycles. The molecule has 0 bridgehead atoms. The van der Waals surface area contributed by atoms with E-state index in [1.807, 2.05) is 0 Å². The van der Waals surface area contributed by atoms with E-state index in [0.29, 0.717) is 0 Å². The summed E-state index contributed by atoms with van der Waals surface area (Å²) in [7, 11) is 0. The van der Waals surface area contributed by atoms with Crippen molar-refractivity contribution in [3.63, 3.8) is 0 Å². The van der Waals surface area contributed by atoms with Crippen LogP contribution in [0.15, 0.2) is 36.4 Å². The Morgan fingerprint density at radius 3 is 0.773 bits per heavy atom. The Labute approximate surface area is 276 Å². The smallest absolute Gasteiger partial charge is 0.0274 e. The molecule has 44 heavy (non-hydrogen) atoms. The van der Waals surface area contributed by atoms with Crippen molar-refractivity contribution in [1.29, 1.82) is 0 Å². The molecule has 0 nitrogen and oxygen atoms in total. The van der Waals surface area contributed by atoms with Gasteiger partial charge in [0.15, 0.2) is 0 Å². The predicted molar refractivity (Wildman–Crippen MR) is 199 cm³/mol. The summed E-state index contributed by atoms with van der Waals surface area (Å²) in [6.45, 7) is 9.29. The topological polar surface area (TPSA) is 0 Å². The van der Waals surface area contributed by atoms with Gasteiger partial charge < -0.3 is 0 Å². The van der Waals surface area contributed by atoms with Crippen LogP contribution < -0.4 is 0 Å². The van der Waals surface area contributed by atoms with Gasteiger partial charge in [0.1, 0.15) is 0 Å². The number of benzene rings is 2. The van der Waals surface area contributed by atoms with Crippen LogP contribution >= 0.6 is 0 Å². The molecule has 0 N–H and O–H groups in total. The van der Waals surface area contributed by atoms with E-state index in [1.54, 1.807) is 33.4 Å². The zero-order chi connectivity index (χ0) is 31.5. The zero-order valence-electron chi connectivity index (χ0n) is 30.3. The van der Waals surface area contributed by atoms with Gasteiger partial charge in [0.25, 0.3) is 0 Å². The van der Waals surface area contributed by atoms with Gasteiger partial charge >= 0.3 is 0 Å². The second kappa shape index (κ2) is 26.6. The highest BCUT2D eigenvalue weighted by atomic mass is 14.1. The van der Waals surface area contributed by atoms with E-state index in [0.717, 1.165) is 0 Å². The average Bonchev–Trinajstić information content (AvgIpc) is 3.04. The molecule has 0 atom stereocenters. The molecule has 2 rings (SSSR count). The Bertz CT molecular complexity index is 860. The van der Waals surface area contributed by atoms with E-state index in [9.17, 15) is 0 Å². The first-order valence-electron chi connectivity index (χ1n) is 19.9. The minimum atomic E-state index is 1.28. The number of rotatable bonds is 29. The van der Waals surface area contributed by atoms with Crippen LogP contribution in [0.2, 0.25) is 0 Å². The number of unbranched alkanes of at least 4 members (excludes halogenated alkanes) is 17. The maximum atomic E-state index is 2.43. The number of hydrogen-bond acceptors (Lipinski definition) is 0. The molecular formula is C44H74. The van der Waals surface area contributed by atoms with Crippen molar-refractivity contribution >= 4 is 0 Å². The molecule has 0 heteroatoms. The molecule has 0 aliphatic heterocycles. The number of aryl methyl sites for hydroxylation is 4. The Morgan fingerprint density at radius 2 is 0.500 bits per heavy atom. The van der Waals surface area contributed by atoms with Gasteiger partial charge in [-0.25, -0.2) is 0 Å². The van der Waals surface area contributed by atoms with E-state index >= 15 is 0 Å². The van der Waals surface area contributed by atoms with Crippen molar-refractivity contribution in [2.24, 2.45) is 0 Å². The fraction of sp³-hybridized carbons (Fsp3) is 0.727. The van der Waals surface area contributed by atoms with E-state index in [4.69, 9.17) is 0 Å². The van der Waals surface area contributed by atoms with Gasteiger partial charge in [-0.05, 0) is 110 Å². The molecule has 0 unspecified atom stereocenters. The van der Waals surface area contributed by atoms with Crippen LogP contribution in [0.4, 0.5) is 0 Å². The summed E-state index contributed by atoms with van der Waals surface area (Å²) in [5.74, 6) is 0. The summed E-state index contributed by atoms with van der Waals surface area (Å²) in [5.41, 5.74) is 10.0. The monoisotopic (exact) mass is 603 g/mol. The third kappa shape index (κ3) is 16.7. The molecule has 0 aliphatic rings. The molecule has 0 amide bonds. The first-order valence-corrected chi connectivity index (χ1v) is 19.9. The summed E-state index contributed by atoms with van der Waals surface area (Å²) in [5, 5.41) is 0. The highest BCUT2D eigenvalue weighted by molar-refractivity contribution is 5.37. The zero-order valence-corrected chi connectivity index (χ0v) is 30.3. The first-order chi connectivity index (χ1) is 21.7. The molecule has 0 fully saturated rings. The van der Waals surface area contributed by atoms with Crippen molar-refractivity contribution in [2.75, 3.05) is 0 Å². The van der Waals surface area contributed by atoms with E-state index < -0.39 is 0 Å². The third-order valence-electron chi connectivity index (χ3n) is 10.0. The first kappa shape index (κ1) is 38.6. The Morgan fingerprint density at radius 1 is 0.273 bits per heavy atom. The molecule has 0 aliphatic carbocycles. The van der Waals surface area contributed by atoms with Crippen LogP contribution in [0.3, 0.4) is 0 Å². The van der Waals surface area contributed by atoms with Crippen LogP contribution in [0.1, 0.15) is 202 Å². The molecule has 0 spiro atoms. The molecule has 2 aromatic rings. The summed E-state index contributed by atoms with van der Waals surface area (Å²) in [4.78, 5) is 0. The van der Waals surface area contributed by atoms with Crippen molar-refractivity contribution in [2.45, 2.75) is 207 Å². The van der Waals surface area contributed by atoms with E-state index in [-0.39, 0.29) is 0 Å². The molecule has 2 aromatic carbocycles. The van der Waals surface area contributed by atoms with Gasteiger partial charge in [-0.15, -0.1) is 0 Å². The minimum absolute atomic E-state index is 1.28. The van der Waals surface area contributed by atoms with E-state index in [1.165, 1.54) is 180 Å². The van der Waals surface area contributed by atoms with Gasteiger partial charge in [-0.2, -0.15) is 0 Å². The second-order valence-electron chi connectivity index (χ2n) is 14.0. The Kier molecular flexibility index (Phi) is 23.4. The van der Waals surface area contributed by atoms with Crippen LogP contribution in [0.5, 0.6) is 0 Å². The predicted octanol–water partition coefficient (Wildman–Crippen LogP) is 14.3. The molecule has 0 radical (unpaired) electrons. The average molecular weight is 603 g/mol. The van der Waals surface area contributed by atoms with Crippen LogP contribution in [-0.2, 0) is 38.5 Å².